The summed E-state index contributed by atoms with van der Waals surface area (Å²) in [7, 11) is 0. The number of benzene rings is 1. The number of carboxylic acids is 1. The number of pyridine rings is 1. The number of carboxylic acid groups (broad SMARTS) is 1. The fourth-order valence-corrected chi connectivity index (χ4v) is 2.92. The van der Waals surface area contributed by atoms with E-state index < -0.39 is 16.7 Å². The van der Waals surface area contributed by atoms with Gasteiger partial charge in [0.15, 0.2) is 0 Å². The Morgan fingerprint density at radius 2 is 2.04 bits per heavy atom. The molecule has 0 spiro atoms. The number of nitrogens with zero attached hydrogens (tertiary/aromatic N) is 3. The maximum absolute atomic E-state index is 12.0. The normalized spacial score (nSPS) is 10.8. The molecule has 25 heavy (non-hydrogen) atoms. The lowest BCUT2D eigenvalue weighted by atomic mass is 10.1. The maximum Gasteiger partial charge on any atom is 0.377 e. The number of hydrogen-bond donors (Lipinski definition) is 1. The van der Waals surface area contributed by atoms with Gasteiger partial charge in [-0.1, -0.05) is 0 Å². The highest BCUT2D eigenvalue weighted by molar-refractivity contribution is 9.10. The molecule has 2 aromatic heterocycles. The van der Waals surface area contributed by atoms with Crippen molar-refractivity contribution in [3.63, 3.8) is 0 Å². The Morgan fingerprint density at radius 1 is 1.32 bits per heavy atom. The molecule has 2 heterocycles. The summed E-state index contributed by atoms with van der Waals surface area (Å²) in [5.74, 6) is -2.62. The van der Waals surface area contributed by atoms with Gasteiger partial charge < -0.3 is 9.67 Å². The zero-order valence-corrected chi connectivity index (χ0v) is 14.3. The molecular formula is C16H10BrN3O5. The second-order valence-electron chi connectivity index (χ2n) is 5.30. The number of non-ortho nitro benzene ring substituents is 1. The standard InChI is InChI=1S/C16H10BrN3O5/c1-8-4-10(20(24)25)2-3-13(8)19-7-12(14(21)16(22)23)11-5-9(17)6-18-15(11)19/h2-7H,1H3,(H,22,23). The van der Waals surface area contributed by atoms with Gasteiger partial charge in [0, 0.05) is 34.4 Å². The summed E-state index contributed by atoms with van der Waals surface area (Å²) in [6, 6.07) is 5.88. The van der Waals surface area contributed by atoms with E-state index in [4.69, 9.17) is 5.11 Å². The van der Waals surface area contributed by atoms with E-state index in [1.807, 2.05) is 0 Å². The molecule has 0 unspecified atom stereocenters. The van der Waals surface area contributed by atoms with Crippen LogP contribution in [0.3, 0.4) is 0 Å². The number of aromatic nitrogens is 2. The number of ketones is 1. The van der Waals surface area contributed by atoms with Gasteiger partial charge in [0.25, 0.3) is 11.5 Å². The average Bonchev–Trinajstić information content (AvgIpc) is 2.92. The van der Waals surface area contributed by atoms with E-state index in [9.17, 15) is 19.7 Å². The Balaban J connectivity index is 2.29. The first-order chi connectivity index (χ1) is 11.8. The molecule has 0 atom stereocenters. The molecule has 126 valence electrons. The van der Waals surface area contributed by atoms with Crippen molar-refractivity contribution in [3.05, 3.63) is 62.4 Å². The largest absolute Gasteiger partial charge is 0.475 e. The molecule has 0 aliphatic rings. The molecule has 0 fully saturated rings. The van der Waals surface area contributed by atoms with Crippen LogP contribution in [0, 0.1) is 17.0 Å². The van der Waals surface area contributed by atoms with Crippen LogP contribution < -0.4 is 0 Å². The van der Waals surface area contributed by atoms with E-state index in [0.717, 1.165) is 0 Å². The van der Waals surface area contributed by atoms with Crippen LogP contribution in [0.15, 0.2) is 41.1 Å². The maximum atomic E-state index is 12.0. The van der Waals surface area contributed by atoms with E-state index in [1.54, 1.807) is 17.6 Å². The monoisotopic (exact) mass is 403 g/mol. The minimum Gasteiger partial charge on any atom is -0.475 e. The van der Waals surface area contributed by atoms with E-state index >= 15 is 0 Å². The van der Waals surface area contributed by atoms with E-state index in [-0.39, 0.29) is 11.3 Å². The van der Waals surface area contributed by atoms with Gasteiger partial charge >= 0.3 is 5.97 Å². The van der Waals surface area contributed by atoms with E-state index in [1.165, 1.54) is 30.6 Å². The van der Waals surface area contributed by atoms with Crippen molar-refractivity contribution < 1.29 is 19.6 Å². The van der Waals surface area contributed by atoms with Crippen LogP contribution in [-0.2, 0) is 4.79 Å². The number of halogens is 1. The summed E-state index contributed by atoms with van der Waals surface area (Å²) in [6.07, 6.45) is 2.91. The van der Waals surface area contributed by atoms with Gasteiger partial charge in [-0.15, -0.1) is 0 Å². The first-order valence-corrected chi connectivity index (χ1v) is 7.78. The zero-order chi connectivity index (χ0) is 18.3. The number of carbonyl (C=O) groups excluding carboxylic acids is 1. The lowest BCUT2D eigenvalue weighted by molar-refractivity contribution is -0.384. The second kappa shape index (κ2) is 6.10. The van der Waals surface area contributed by atoms with Crippen LogP contribution in [0.5, 0.6) is 0 Å². The van der Waals surface area contributed by atoms with Crippen molar-refractivity contribution in [2.45, 2.75) is 6.92 Å². The van der Waals surface area contributed by atoms with Crippen molar-refractivity contribution in [2.24, 2.45) is 0 Å². The molecule has 3 aromatic rings. The van der Waals surface area contributed by atoms with Gasteiger partial charge in [-0.3, -0.25) is 14.9 Å². The average molecular weight is 404 g/mol. The van der Waals surface area contributed by atoms with E-state index in [2.05, 4.69) is 20.9 Å². The highest BCUT2D eigenvalue weighted by Gasteiger charge is 2.23. The number of carbonyl (C=O) groups is 2. The predicted molar refractivity (Wildman–Crippen MR) is 92.1 cm³/mol. The molecule has 1 N–H and O–H groups in total. The van der Waals surface area contributed by atoms with Crippen molar-refractivity contribution >= 4 is 44.4 Å². The summed E-state index contributed by atoms with van der Waals surface area (Å²) in [6.45, 7) is 1.69. The van der Waals surface area contributed by atoms with Crippen molar-refractivity contribution in [1.82, 2.24) is 9.55 Å². The Hall–Kier alpha value is -3.07. The van der Waals surface area contributed by atoms with Crippen LogP contribution in [0.1, 0.15) is 15.9 Å². The molecule has 1 aromatic carbocycles. The summed E-state index contributed by atoms with van der Waals surface area (Å²) in [4.78, 5) is 37.7. The molecule has 9 heteroatoms. The number of Topliss-reactive ketones (excluding diaryl/α,β-unsaturated/α-hetero) is 1. The number of aryl methyl sites for hydroxylation is 1. The van der Waals surface area contributed by atoms with Crippen LogP contribution >= 0.6 is 15.9 Å². The first-order valence-electron chi connectivity index (χ1n) is 6.99. The highest BCUT2D eigenvalue weighted by Crippen LogP contribution is 2.29. The first kappa shape index (κ1) is 16.8. The molecule has 0 amide bonds. The summed E-state index contributed by atoms with van der Waals surface area (Å²) >= 11 is 3.25. The molecule has 0 aliphatic carbocycles. The molecular weight excluding hydrogens is 394 g/mol. The molecule has 8 nitrogen and oxygen atoms in total. The molecule has 0 bridgehead atoms. The van der Waals surface area contributed by atoms with Crippen LogP contribution in [-0.4, -0.2) is 31.3 Å². The van der Waals surface area contributed by atoms with Gasteiger partial charge in [0.1, 0.15) is 5.65 Å². The Kier molecular flexibility index (Phi) is 4.09. The van der Waals surface area contributed by atoms with Gasteiger partial charge in [-0.05, 0) is 40.5 Å². The minimum atomic E-state index is -1.57. The van der Waals surface area contributed by atoms with Crippen LogP contribution in [0.4, 0.5) is 5.69 Å². The molecule has 0 saturated heterocycles. The van der Waals surface area contributed by atoms with Crippen molar-refractivity contribution in [3.8, 4) is 5.69 Å². The fourth-order valence-electron chi connectivity index (χ4n) is 2.59. The smallest absolute Gasteiger partial charge is 0.377 e. The van der Waals surface area contributed by atoms with E-state index in [0.29, 0.717) is 26.8 Å². The third-order valence-corrected chi connectivity index (χ3v) is 4.13. The molecule has 0 aliphatic heterocycles. The Labute approximate surface area is 149 Å². The summed E-state index contributed by atoms with van der Waals surface area (Å²) in [5.41, 5.74) is 1.47. The number of nitro benzene ring substituents is 1. The third kappa shape index (κ3) is 2.89. The molecule has 0 saturated carbocycles. The lowest BCUT2D eigenvalue weighted by Crippen LogP contribution is -2.12. The quantitative estimate of drug-likeness (QED) is 0.309. The number of nitro groups is 1. The van der Waals surface area contributed by atoms with Gasteiger partial charge in [0.05, 0.1) is 16.2 Å². The summed E-state index contributed by atoms with van der Waals surface area (Å²) in [5, 5.41) is 20.3. The van der Waals surface area contributed by atoms with Gasteiger partial charge in [-0.2, -0.15) is 0 Å². The predicted octanol–water partition coefficient (Wildman–Crippen LogP) is 3.27. The highest BCUT2D eigenvalue weighted by atomic mass is 79.9. The number of fused-ring (bicyclic) bond motifs is 1. The second-order valence-corrected chi connectivity index (χ2v) is 6.22. The van der Waals surface area contributed by atoms with Crippen molar-refractivity contribution in [1.29, 1.82) is 0 Å². The molecule has 3 rings (SSSR count). The molecule has 0 radical (unpaired) electrons. The zero-order valence-electron chi connectivity index (χ0n) is 12.8. The van der Waals surface area contributed by atoms with Gasteiger partial charge in [0.2, 0.25) is 0 Å². The SMILES string of the molecule is Cc1cc([N+](=O)[O-])ccc1-n1cc(C(=O)C(=O)O)c2cc(Br)cnc21. The van der Waals surface area contributed by atoms with Crippen LogP contribution in [0.25, 0.3) is 16.7 Å². The Bertz CT molecular complexity index is 1060. The Morgan fingerprint density at radius 3 is 2.64 bits per heavy atom. The number of aliphatic carboxylic acids is 1. The number of hydrogen-bond acceptors (Lipinski definition) is 5. The lowest BCUT2D eigenvalue weighted by Gasteiger charge is -2.08. The minimum absolute atomic E-state index is 0.00551. The number of rotatable bonds is 4. The van der Waals surface area contributed by atoms with Crippen LogP contribution in [0.2, 0.25) is 0 Å². The van der Waals surface area contributed by atoms with Gasteiger partial charge in [-0.25, -0.2) is 9.78 Å². The summed E-state index contributed by atoms with van der Waals surface area (Å²) < 4.78 is 2.15. The fraction of sp³-hybridized carbons (Fsp3) is 0.0625. The van der Waals surface area contributed by atoms with Crippen molar-refractivity contribution in [2.75, 3.05) is 0 Å². The topological polar surface area (TPSA) is 115 Å². The third-order valence-electron chi connectivity index (χ3n) is 3.70.